The molecule has 27 heavy (non-hydrogen) atoms. The van der Waals surface area contributed by atoms with Gasteiger partial charge in [-0.25, -0.2) is 4.98 Å². The third-order valence-corrected chi connectivity index (χ3v) is 6.40. The molecular weight excluding hydrogens is 356 g/mol. The van der Waals surface area contributed by atoms with Crippen LogP contribution in [-0.2, 0) is 4.79 Å². The summed E-state index contributed by atoms with van der Waals surface area (Å²) in [5.41, 5.74) is 5.49. The van der Waals surface area contributed by atoms with Gasteiger partial charge in [-0.15, -0.1) is 0 Å². The monoisotopic (exact) mass is 376 g/mol. The van der Waals surface area contributed by atoms with Gasteiger partial charge >= 0.3 is 0 Å². The van der Waals surface area contributed by atoms with Crippen molar-refractivity contribution in [1.82, 2.24) is 15.2 Å². The Bertz CT molecular complexity index is 1150. The van der Waals surface area contributed by atoms with E-state index in [4.69, 9.17) is 0 Å². The van der Waals surface area contributed by atoms with Crippen LogP contribution in [0.3, 0.4) is 0 Å². The molecule has 1 saturated carbocycles. The molecule has 0 unspecified atom stereocenters. The molecule has 0 aliphatic heterocycles. The highest BCUT2D eigenvalue weighted by Gasteiger charge is 2.23. The van der Waals surface area contributed by atoms with Crippen molar-refractivity contribution in [2.24, 2.45) is 5.92 Å². The molecule has 0 bridgehead atoms. The number of aromatic amines is 1. The van der Waals surface area contributed by atoms with E-state index in [-0.39, 0.29) is 11.8 Å². The van der Waals surface area contributed by atoms with Crippen molar-refractivity contribution >= 4 is 43.5 Å². The number of anilines is 1. The number of benzene rings is 2. The second-order valence-corrected chi connectivity index (χ2v) is 8.29. The lowest BCUT2D eigenvalue weighted by molar-refractivity contribution is -0.119. The number of carbonyl (C=O) groups excluding carboxylic acids is 1. The van der Waals surface area contributed by atoms with Gasteiger partial charge in [0.15, 0.2) is 5.13 Å². The molecule has 136 valence electrons. The Hall–Kier alpha value is -2.73. The zero-order chi connectivity index (χ0) is 18.4. The molecule has 5 rings (SSSR count). The van der Waals surface area contributed by atoms with Crippen molar-refractivity contribution in [2.75, 3.05) is 5.32 Å². The first-order valence-corrected chi connectivity index (χ1v) is 10.2. The van der Waals surface area contributed by atoms with Gasteiger partial charge in [0, 0.05) is 11.3 Å². The molecule has 0 radical (unpaired) electrons. The van der Waals surface area contributed by atoms with Crippen molar-refractivity contribution in [2.45, 2.75) is 32.6 Å². The summed E-state index contributed by atoms with van der Waals surface area (Å²) in [6.07, 6.45) is 6.17. The average Bonchev–Trinajstić information content (AvgIpc) is 3.40. The number of H-pyrrole nitrogens is 1. The van der Waals surface area contributed by atoms with Gasteiger partial charge in [0.2, 0.25) is 5.91 Å². The lowest BCUT2D eigenvalue weighted by Gasteiger charge is -2.07. The van der Waals surface area contributed by atoms with Crippen molar-refractivity contribution < 1.29 is 4.79 Å². The Morgan fingerprint density at radius 3 is 2.93 bits per heavy atom. The molecule has 6 heteroatoms. The lowest BCUT2D eigenvalue weighted by atomic mass is 9.97. The number of nitrogens with zero attached hydrogens (tertiary/aromatic N) is 2. The number of hydrogen-bond acceptors (Lipinski definition) is 4. The van der Waals surface area contributed by atoms with E-state index < -0.39 is 0 Å². The minimum absolute atomic E-state index is 0.116. The second kappa shape index (κ2) is 6.46. The van der Waals surface area contributed by atoms with E-state index in [0.717, 1.165) is 52.4 Å². The van der Waals surface area contributed by atoms with Crippen LogP contribution in [0.1, 0.15) is 31.2 Å². The first-order valence-electron chi connectivity index (χ1n) is 9.33. The SMILES string of the molecule is Cc1ccc2[nH]ncc2c1-c1ccc2nc(NC(=O)C3CCCC3)sc2c1. The average molecular weight is 376 g/mol. The number of fused-ring (bicyclic) bond motifs is 2. The number of amides is 1. The number of thiazole rings is 1. The molecule has 2 N–H and O–H groups in total. The third-order valence-electron chi connectivity index (χ3n) is 5.47. The van der Waals surface area contributed by atoms with E-state index in [2.05, 4.69) is 51.7 Å². The highest BCUT2D eigenvalue weighted by atomic mass is 32.1. The molecular formula is C21H20N4OS. The van der Waals surface area contributed by atoms with E-state index >= 15 is 0 Å². The second-order valence-electron chi connectivity index (χ2n) is 7.26. The summed E-state index contributed by atoms with van der Waals surface area (Å²) in [7, 11) is 0. The van der Waals surface area contributed by atoms with Crippen molar-refractivity contribution in [3.05, 3.63) is 42.1 Å². The van der Waals surface area contributed by atoms with Crippen LogP contribution in [0.5, 0.6) is 0 Å². The number of rotatable bonds is 3. The summed E-state index contributed by atoms with van der Waals surface area (Å²) in [5.74, 6) is 0.264. The standard InChI is InChI=1S/C21H20N4OS/c1-12-6-8-16-15(11-22-25-16)19(12)14-7-9-17-18(10-14)27-21(23-17)24-20(26)13-4-2-3-5-13/h6-11,13H,2-5H2,1H3,(H,22,25)(H,23,24,26). The van der Waals surface area contributed by atoms with Crippen LogP contribution in [0.25, 0.3) is 32.2 Å². The van der Waals surface area contributed by atoms with Crippen molar-refractivity contribution in [3.63, 3.8) is 0 Å². The van der Waals surface area contributed by atoms with E-state index in [1.54, 1.807) is 11.3 Å². The highest BCUT2D eigenvalue weighted by molar-refractivity contribution is 7.22. The fraction of sp³-hybridized carbons (Fsp3) is 0.286. The summed E-state index contributed by atoms with van der Waals surface area (Å²) in [5, 5.41) is 12.1. The van der Waals surface area contributed by atoms with Crippen LogP contribution in [0, 0.1) is 12.8 Å². The van der Waals surface area contributed by atoms with Crippen LogP contribution >= 0.6 is 11.3 Å². The zero-order valence-corrected chi connectivity index (χ0v) is 15.9. The number of nitrogens with one attached hydrogen (secondary N) is 2. The van der Waals surface area contributed by atoms with Crippen LogP contribution < -0.4 is 5.32 Å². The van der Waals surface area contributed by atoms with Crippen LogP contribution in [-0.4, -0.2) is 21.1 Å². The van der Waals surface area contributed by atoms with Crippen molar-refractivity contribution in [3.8, 4) is 11.1 Å². The predicted octanol–water partition coefficient (Wildman–Crippen LogP) is 5.28. The summed E-state index contributed by atoms with van der Waals surface area (Å²) < 4.78 is 1.08. The molecule has 4 aromatic rings. The Kier molecular flexibility index (Phi) is 3.93. The molecule has 1 aliphatic carbocycles. The molecule has 1 aliphatic rings. The van der Waals surface area contributed by atoms with E-state index in [1.807, 2.05) is 12.3 Å². The number of hydrogen-bond donors (Lipinski definition) is 2. The van der Waals surface area contributed by atoms with Gasteiger partial charge in [-0.1, -0.05) is 36.3 Å². The summed E-state index contributed by atoms with van der Waals surface area (Å²) in [6, 6.07) is 10.5. The van der Waals surface area contributed by atoms with Gasteiger partial charge in [0.05, 0.1) is 21.9 Å². The smallest absolute Gasteiger partial charge is 0.229 e. The lowest BCUT2D eigenvalue weighted by Crippen LogP contribution is -2.19. The first kappa shape index (κ1) is 16.4. The van der Waals surface area contributed by atoms with E-state index in [0.29, 0.717) is 5.13 Å². The Balaban J connectivity index is 1.51. The molecule has 0 atom stereocenters. The fourth-order valence-electron chi connectivity index (χ4n) is 4.04. The Morgan fingerprint density at radius 2 is 2.07 bits per heavy atom. The minimum atomic E-state index is 0.116. The Morgan fingerprint density at radius 1 is 1.22 bits per heavy atom. The normalized spacial score (nSPS) is 15.0. The fourth-order valence-corrected chi connectivity index (χ4v) is 4.95. The van der Waals surface area contributed by atoms with Crippen LogP contribution in [0.15, 0.2) is 36.5 Å². The van der Waals surface area contributed by atoms with Crippen LogP contribution in [0.4, 0.5) is 5.13 Å². The molecule has 5 nitrogen and oxygen atoms in total. The maximum atomic E-state index is 12.4. The first-order chi connectivity index (χ1) is 13.2. The summed E-state index contributed by atoms with van der Waals surface area (Å²) in [6.45, 7) is 2.12. The molecule has 0 saturated heterocycles. The molecule has 1 fully saturated rings. The maximum Gasteiger partial charge on any atom is 0.229 e. The molecule has 2 aromatic heterocycles. The number of carbonyl (C=O) groups is 1. The van der Waals surface area contributed by atoms with E-state index in [9.17, 15) is 4.79 Å². The number of aromatic nitrogens is 3. The predicted molar refractivity (Wildman–Crippen MR) is 110 cm³/mol. The van der Waals surface area contributed by atoms with Crippen molar-refractivity contribution in [1.29, 1.82) is 0 Å². The van der Waals surface area contributed by atoms with Gasteiger partial charge in [-0.3, -0.25) is 9.89 Å². The van der Waals surface area contributed by atoms with Gasteiger partial charge in [0.25, 0.3) is 0 Å². The maximum absolute atomic E-state index is 12.4. The molecule has 2 heterocycles. The number of aryl methyl sites for hydroxylation is 1. The van der Waals surface area contributed by atoms with Gasteiger partial charge in [-0.05, 0) is 54.7 Å². The zero-order valence-electron chi connectivity index (χ0n) is 15.1. The van der Waals surface area contributed by atoms with Crippen LogP contribution in [0.2, 0.25) is 0 Å². The van der Waals surface area contributed by atoms with E-state index in [1.165, 1.54) is 11.1 Å². The molecule has 2 aromatic carbocycles. The van der Waals surface area contributed by atoms with Gasteiger partial charge in [-0.2, -0.15) is 5.10 Å². The largest absolute Gasteiger partial charge is 0.302 e. The third kappa shape index (κ3) is 2.90. The topological polar surface area (TPSA) is 70.7 Å². The quantitative estimate of drug-likeness (QED) is 0.511. The van der Waals surface area contributed by atoms with Gasteiger partial charge in [0.1, 0.15) is 0 Å². The minimum Gasteiger partial charge on any atom is -0.302 e. The molecule has 0 spiro atoms. The summed E-state index contributed by atoms with van der Waals surface area (Å²) in [4.78, 5) is 17.0. The summed E-state index contributed by atoms with van der Waals surface area (Å²) >= 11 is 1.54. The van der Waals surface area contributed by atoms with Gasteiger partial charge < -0.3 is 5.32 Å². The highest BCUT2D eigenvalue weighted by Crippen LogP contribution is 2.35. The Labute approximate surface area is 160 Å². The molecule has 1 amide bonds.